The minimum absolute atomic E-state index is 0.101. The molecule has 0 aliphatic carbocycles. The van der Waals surface area contributed by atoms with Crippen molar-refractivity contribution >= 4 is 33.4 Å². The third kappa shape index (κ3) is 4.90. The van der Waals surface area contributed by atoms with Crippen LogP contribution in [0.25, 0.3) is 0 Å². The van der Waals surface area contributed by atoms with Crippen LogP contribution in [0, 0.1) is 17.6 Å². The fraction of sp³-hybridized carbons (Fsp3) is 0.350. The van der Waals surface area contributed by atoms with Gasteiger partial charge in [-0.15, -0.1) is 11.8 Å². The Hall–Kier alpha value is -2.13. The van der Waals surface area contributed by atoms with Gasteiger partial charge in [0.2, 0.25) is 0 Å². The van der Waals surface area contributed by atoms with Gasteiger partial charge in [0, 0.05) is 24.1 Å². The molecule has 3 rings (SSSR count). The molecular weight excluding hydrogens is 418 g/mol. The van der Waals surface area contributed by atoms with Gasteiger partial charge in [-0.1, -0.05) is 6.92 Å². The second-order valence-electron chi connectivity index (χ2n) is 7.07. The smallest absolute Gasteiger partial charge is 0.261 e. The van der Waals surface area contributed by atoms with Crippen molar-refractivity contribution in [2.24, 2.45) is 5.92 Å². The summed E-state index contributed by atoms with van der Waals surface area (Å²) >= 11 is 1.36. The van der Waals surface area contributed by atoms with E-state index >= 15 is 0 Å². The molecule has 1 N–H and O–H groups in total. The molecule has 29 heavy (non-hydrogen) atoms. The van der Waals surface area contributed by atoms with Crippen molar-refractivity contribution in [3.05, 3.63) is 53.6 Å². The van der Waals surface area contributed by atoms with E-state index in [2.05, 4.69) is 11.6 Å². The molecule has 2 aromatic rings. The van der Waals surface area contributed by atoms with Gasteiger partial charge in [-0.05, 0) is 55.3 Å². The van der Waals surface area contributed by atoms with Crippen molar-refractivity contribution in [1.29, 1.82) is 0 Å². The molecule has 156 valence electrons. The zero-order valence-electron chi connectivity index (χ0n) is 16.1. The van der Waals surface area contributed by atoms with Gasteiger partial charge >= 0.3 is 0 Å². The summed E-state index contributed by atoms with van der Waals surface area (Å²) in [7, 11) is -4.08. The van der Waals surface area contributed by atoms with E-state index in [9.17, 15) is 22.0 Å². The number of piperidine rings is 1. The van der Waals surface area contributed by atoms with Crippen molar-refractivity contribution in [3.8, 4) is 0 Å². The Kier molecular flexibility index (Phi) is 6.48. The molecule has 0 radical (unpaired) electrons. The van der Waals surface area contributed by atoms with E-state index in [0.717, 1.165) is 31.0 Å². The molecule has 2 aromatic carbocycles. The number of anilines is 1. The Morgan fingerprint density at radius 3 is 2.41 bits per heavy atom. The number of nitrogens with zero attached hydrogens (tertiary/aromatic N) is 1. The van der Waals surface area contributed by atoms with E-state index in [4.69, 9.17) is 0 Å². The van der Waals surface area contributed by atoms with Gasteiger partial charge < -0.3 is 4.90 Å². The minimum Gasteiger partial charge on any atom is -0.339 e. The topological polar surface area (TPSA) is 66.5 Å². The monoisotopic (exact) mass is 440 g/mol. The molecule has 0 atom stereocenters. The number of rotatable bonds is 5. The quantitative estimate of drug-likeness (QED) is 0.702. The number of carbonyl (C=O) groups excluding carboxylic acids is 1. The van der Waals surface area contributed by atoms with E-state index in [1.165, 1.54) is 23.9 Å². The molecule has 1 amide bonds. The number of thioether (sulfide) groups is 1. The molecule has 0 bridgehead atoms. The molecule has 1 aliphatic heterocycles. The highest BCUT2D eigenvalue weighted by atomic mass is 32.2. The highest BCUT2D eigenvalue weighted by Crippen LogP contribution is 2.28. The van der Waals surface area contributed by atoms with Gasteiger partial charge in [0.05, 0.1) is 16.1 Å². The first-order valence-electron chi connectivity index (χ1n) is 9.16. The number of likely N-dealkylation sites (tertiary alicyclic amines) is 1. The van der Waals surface area contributed by atoms with Gasteiger partial charge in [0.1, 0.15) is 0 Å². The molecule has 0 spiro atoms. The standard InChI is InChI=1S/C20H22F2N2O3S2/c1-13-7-9-24(10-8-13)20(25)16-12-15(4-6-19(16)28-2)29(26,27)23-14-3-5-17(21)18(22)11-14/h3-6,11-13,23H,7-10H2,1-2H3. The Balaban J connectivity index is 1.90. The van der Waals surface area contributed by atoms with Crippen LogP contribution in [-0.4, -0.2) is 38.6 Å². The third-order valence-electron chi connectivity index (χ3n) is 4.95. The molecule has 0 unspecified atom stereocenters. The van der Waals surface area contributed by atoms with Crippen LogP contribution in [0.15, 0.2) is 46.2 Å². The lowest BCUT2D eigenvalue weighted by Crippen LogP contribution is -2.38. The van der Waals surface area contributed by atoms with Gasteiger partial charge in [0.15, 0.2) is 11.6 Å². The first-order chi connectivity index (χ1) is 13.7. The number of carbonyl (C=O) groups is 1. The second-order valence-corrected chi connectivity index (χ2v) is 9.60. The Morgan fingerprint density at radius 2 is 1.79 bits per heavy atom. The van der Waals surface area contributed by atoms with Crippen molar-refractivity contribution in [2.75, 3.05) is 24.1 Å². The van der Waals surface area contributed by atoms with Crippen LogP contribution in [0.1, 0.15) is 30.1 Å². The third-order valence-corrected chi connectivity index (χ3v) is 7.13. The predicted octanol–water partition coefficient (Wildman–Crippen LogP) is 4.36. The van der Waals surface area contributed by atoms with E-state index in [1.54, 1.807) is 11.0 Å². The Bertz CT molecular complexity index is 1020. The van der Waals surface area contributed by atoms with Crippen LogP contribution < -0.4 is 4.72 Å². The number of hydrogen-bond donors (Lipinski definition) is 1. The van der Waals surface area contributed by atoms with Crippen molar-refractivity contribution in [2.45, 2.75) is 29.6 Å². The number of amides is 1. The van der Waals surface area contributed by atoms with Gasteiger partial charge in [-0.3, -0.25) is 9.52 Å². The van der Waals surface area contributed by atoms with Crippen molar-refractivity contribution < 1.29 is 22.0 Å². The lowest BCUT2D eigenvalue weighted by molar-refractivity contribution is 0.0693. The van der Waals surface area contributed by atoms with Crippen LogP contribution in [-0.2, 0) is 10.0 Å². The zero-order chi connectivity index (χ0) is 21.2. The highest BCUT2D eigenvalue weighted by Gasteiger charge is 2.25. The van der Waals surface area contributed by atoms with E-state index in [0.29, 0.717) is 29.5 Å². The van der Waals surface area contributed by atoms with Crippen LogP contribution in [0.2, 0.25) is 0 Å². The Labute approximate surface area is 173 Å². The van der Waals surface area contributed by atoms with E-state index in [-0.39, 0.29) is 16.5 Å². The maximum absolute atomic E-state index is 13.4. The molecule has 0 aromatic heterocycles. The predicted molar refractivity (Wildman–Crippen MR) is 110 cm³/mol. The summed E-state index contributed by atoms with van der Waals surface area (Å²) in [5.41, 5.74) is 0.218. The fourth-order valence-electron chi connectivity index (χ4n) is 3.18. The molecule has 9 heteroatoms. The maximum Gasteiger partial charge on any atom is 0.261 e. The molecule has 1 saturated heterocycles. The summed E-state index contributed by atoms with van der Waals surface area (Å²) in [4.78, 5) is 15.3. The largest absolute Gasteiger partial charge is 0.339 e. The van der Waals surface area contributed by atoms with Crippen LogP contribution >= 0.6 is 11.8 Å². The van der Waals surface area contributed by atoms with Crippen LogP contribution in [0.5, 0.6) is 0 Å². The van der Waals surface area contributed by atoms with Gasteiger partial charge in [-0.25, -0.2) is 17.2 Å². The molecule has 1 aliphatic rings. The van der Waals surface area contributed by atoms with Gasteiger partial charge in [-0.2, -0.15) is 0 Å². The van der Waals surface area contributed by atoms with Crippen molar-refractivity contribution in [1.82, 2.24) is 4.90 Å². The normalized spacial score (nSPS) is 15.4. The van der Waals surface area contributed by atoms with Crippen molar-refractivity contribution in [3.63, 3.8) is 0 Å². The maximum atomic E-state index is 13.4. The molecule has 1 fully saturated rings. The number of benzene rings is 2. The minimum atomic E-state index is -4.08. The number of sulfonamides is 1. The van der Waals surface area contributed by atoms with E-state index < -0.39 is 21.7 Å². The molecular formula is C20H22F2N2O3S2. The number of nitrogens with one attached hydrogen (secondary N) is 1. The summed E-state index contributed by atoms with van der Waals surface area (Å²) < 4.78 is 54.2. The zero-order valence-corrected chi connectivity index (χ0v) is 17.7. The molecule has 5 nitrogen and oxygen atoms in total. The summed E-state index contributed by atoms with van der Waals surface area (Å²) in [6, 6.07) is 7.06. The average Bonchev–Trinajstić information content (AvgIpc) is 2.70. The highest BCUT2D eigenvalue weighted by molar-refractivity contribution is 7.98. The lowest BCUT2D eigenvalue weighted by atomic mass is 9.98. The second kappa shape index (κ2) is 8.71. The fourth-order valence-corrected chi connectivity index (χ4v) is 4.82. The van der Waals surface area contributed by atoms with E-state index in [1.807, 2.05) is 6.26 Å². The SMILES string of the molecule is CSc1ccc(S(=O)(=O)Nc2ccc(F)c(F)c2)cc1C(=O)N1CCC(C)CC1. The Morgan fingerprint density at radius 1 is 1.10 bits per heavy atom. The summed E-state index contributed by atoms with van der Waals surface area (Å²) in [6.45, 7) is 3.42. The molecule has 1 heterocycles. The van der Waals surface area contributed by atoms with Gasteiger partial charge in [0.25, 0.3) is 15.9 Å². The van der Waals surface area contributed by atoms with Crippen LogP contribution in [0.4, 0.5) is 14.5 Å². The number of hydrogen-bond acceptors (Lipinski definition) is 4. The first kappa shape index (κ1) is 21.6. The summed E-state index contributed by atoms with van der Waals surface area (Å²) in [5, 5.41) is 0. The number of halogens is 2. The summed E-state index contributed by atoms with van der Waals surface area (Å²) in [5.74, 6) is -1.86. The molecule has 0 saturated carbocycles. The first-order valence-corrected chi connectivity index (χ1v) is 11.9. The van der Waals surface area contributed by atoms with Crippen LogP contribution in [0.3, 0.4) is 0 Å². The lowest BCUT2D eigenvalue weighted by Gasteiger charge is -2.30. The average molecular weight is 441 g/mol. The summed E-state index contributed by atoms with van der Waals surface area (Å²) in [6.07, 6.45) is 3.64.